The Morgan fingerprint density at radius 1 is 1.22 bits per heavy atom. The summed E-state index contributed by atoms with van der Waals surface area (Å²) in [6, 6.07) is 6.66. The van der Waals surface area contributed by atoms with Gasteiger partial charge in [-0.15, -0.1) is 0 Å². The molecule has 1 saturated carbocycles. The topological polar surface area (TPSA) is 23.8 Å². The van der Waals surface area contributed by atoms with Crippen molar-refractivity contribution in [3.8, 4) is 6.07 Å². The van der Waals surface area contributed by atoms with Crippen LogP contribution in [0.4, 0.5) is 8.78 Å². The van der Waals surface area contributed by atoms with Crippen LogP contribution in [-0.4, -0.2) is 0 Å². The van der Waals surface area contributed by atoms with Crippen molar-refractivity contribution in [3.05, 3.63) is 47.5 Å². The maximum atomic E-state index is 13.5. The van der Waals surface area contributed by atoms with Crippen molar-refractivity contribution in [3.63, 3.8) is 0 Å². The molecule has 0 radical (unpaired) electrons. The van der Waals surface area contributed by atoms with E-state index in [1.54, 1.807) is 6.08 Å². The third kappa shape index (κ3) is 2.76. The van der Waals surface area contributed by atoms with Gasteiger partial charge in [-0.25, -0.2) is 8.78 Å². The van der Waals surface area contributed by atoms with Gasteiger partial charge in [-0.2, -0.15) is 5.26 Å². The summed E-state index contributed by atoms with van der Waals surface area (Å²) in [4.78, 5) is 0. The Bertz CT molecular complexity index is 480. The normalized spacial score (nSPS) is 24.1. The number of halogens is 2. The molecule has 0 atom stereocenters. The van der Waals surface area contributed by atoms with E-state index >= 15 is 0 Å². The Morgan fingerprint density at radius 3 is 2.50 bits per heavy atom. The number of allylic oxidation sites excluding steroid dienone is 1. The third-order valence-corrected chi connectivity index (χ3v) is 3.70. The first-order valence-electron chi connectivity index (χ1n) is 6.21. The van der Waals surface area contributed by atoms with Crippen LogP contribution in [0.25, 0.3) is 0 Å². The summed E-state index contributed by atoms with van der Waals surface area (Å²) in [5, 5.41) is 8.68. The lowest BCUT2D eigenvalue weighted by atomic mass is 9.78. The molecule has 1 aliphatic carbocycles. The highest BCUT2D eigenvalue weighted by Crippen LogP contribution is 2.36. The fourth-order valence-corrected chi connectivity index (χ4v) is 2.62. The lowest BCUT2D eigenvalue weighted by Gasteiger charge is -2.26. The third-order valence-electron chi connectivity index (χ3n) is 3.70. The number of hydrogen-bond donors (Lipinski definition) is 0. The molecule has 3 heteroatoms. The van der Waals surface area contributed by atoms with Crippen molar-refractivity contribution >= 4 is 0 Å². The molecule has 1 nitrogen and oxygen atoms in total. The first-order valence-corrected chi connectivity index (χ1v) is 6.21. The second-order valence-corrected chi connectivity index (χ2v) is 4.78. The van der Waals surface area contributed by atoms with Crippen LogP contribution in [-0.2, 0) is 0 Å². The molecule has 1 fully saturated rings. The molecule has 0 heterocycles. The van der Waals surface area contributed by atoms with Gasteiger partial charge in [0.1, 0.15) is 11.9 Å². The molecule has 1 aromatic carbocycles. The van der Waals surface area contributed by atoms with Crippen molar-refractivity contribution in [1.82, 2.24) is 0 Å². The summed E-state index contributed by atoms with van der Waals surface area (Å²) in [6.45, 7) is 0. The molecule has 0 saturated heterocycles. The Balaban J connectivity index is 2.06. The Hall–Kier alpha value is -1.69. The van der Waals surface area contributed by atoms with Gasteiger partial charge >= 0.3 is 0 Å². The monoisotopic (exact) mass is 247 g/mol. The van der Waals surface area contributed by atoms with Crippen molar-refractivity contribution in [2.24, 2.45) is 5.92 Å². The summed E-state index contributed by atoms with van der Waals surface area (Å²) >= 11 is 0. The molecule has 2 rings (SSSR count). The minimum atomic E-state index is -0.444. The average Bonchev–Trinajstić information content (AvgIpc) is 2.40. The zero-order valence-electron chi connectivity index (χ0n) is 10.1. The van der Waals surface area contributed by atoms with E-state index in [2.05, 4.69) is 0 Å². The molecule has 1 aliphatic rings. The summed E-state index contributed by atoms with van der Waals surface area (Å²) in [7, 11) is 0. The predicted octanol–water partition coefficient (Wildman–Crippen LogP) is 4.45. The average molecular weight is 247 g/mol. The zero-order chi connectivity index (χ0) is 13.0. The van der Waals surface area contributed by atoms with Gasteiger partial charge in [0.15, 0.2) is 0 Å². The summed E-state index contributed by atoms with van der Waals surface area (Å²) in [6.07, 6.45) is 5.99. The lowest BCUT2D eigenvalue weighted by molar-refractivity contribution is 0.372. The smallest absolute Gasteiger partial charge is 0.141 e. The number of nitrogens with zero attached hydrogens (tertiary/aromatic N) is 1. The fourth-order valence-electron chi connectivity index (χ4n) is 2.62. The highest BCUT2D eigenvalue weighted by atomic mass is 19.1. The molecule has 0 spiro atoms. The molecule has 0 N–H and O–H groups in total. The number of nitriles is 1. The van der Waals surface area contributed by atoms with Crippen LogP contribution < -0.4 is 0 Å². The molecular formula is C15H15F2N. The number of benzene rings is 1. The van der Waals surface area contributed by atoms with Crippen LogP contribution >= 0.6 is 0 Å². The molecule has 0 amide bonds. The molecule has 0 aromatic heterocycles. The van der Waals surface area contributed by atoms with E-state index in [1.165, 1.54) is 12.1 Å². The Labute approximate surface area is 106 Å². The van der Waals surface area contributed by atoms with E-state index < -0.39 is 5.82 Å². The van der Waals surface area contributed by atoms with Crippen molar-refractivity contribution in [2.75, 3.05) is 0 Å². The Kier molecular flexibility index (Phi) is 4.09. The van der Waals surface area contributed by atoms with Gasteiger partial charge in [0.05, 0.1) is 11.9 Å². The fraction of sp³-hybridized carbons (Fsp3) is 0.400. The first-order chi connectivity index (χ1) is 8.74. The number of rotatable bonds is 2. The molecule has 0 bridgehead atoms. The van der Waals surface area contributed by atoms with Crippen LogP contribution in [0.15, 0.2) is 30.6 Å². The second-order valence-electron chi connectivity index (χ2n) is 4.78. The first kappa shape index (κ1) is 12.8. The van der Waals surface area contributed by atoms with Crippen molar-refractivity contribution in [1.29, 1.82) is 5.26 Å². The van der Waals surface area contributed by atoms with Gasteiger partial charge < -0.3 is 0 Å². The molecule has 0 aliphatic heterocycles. The van der Waals surface area contributed by atoms with Crippen molar-refractivity contribution < 1.29 is 8.78 Å². The van der Waals surface area contributed by atoms with Crippen LogP contribution in [0, 0.1) is 23.1 Å². The van der Waals surface area contributed by atoms with Gasteiger partial charge in [0.25, 0.3) is 0 Å². The highest BCUT2D eigenvalue weighted by molar-refractivity contribution is 5.34. The highest BCUT2D eigenvalue weighted by Gasteiger charge is 2.21. The lowest BCUT2D eigenvalue weighted by Crippen LogP contribution is -2.12. The van der Waals surface area contributed by atoms with E-state index in [4.69, 9.17) is 5.26 Å². The SMILES string of the molecule is N#Cc1ccc(C2CCC(C=CF)CC2)cc1F. The minimum Gasteiger partial charge on any atom is -0.216 e. The maximum absolute atomic E-state index is 13.5. The van der Waals surface area contributed by atoms with Crippen LogP contribution in [0.1, 0.15) is 42.7 Å². The molecule has 1 aromatic rings. The van der Waals surface area contributed by atoms with Crippen LogP contribution in [0.2, 0.25) is 0 Å². The van der Waals surface area contributed by atoms with Crippen molar-refractivity contribution in [2.45, 2.75) is 31.6 Å². The van der Waals surface area contributed by atoms with E-state index in [0.29, 0.717) is 18.2 Å². The second kappa shape index (κ2) is 5.77. The standard InChI is InChI=1S/C15H15F2N/c16-8-7-11-1-3-12(4-2-11)13-5-6-14(10-18)15(17)9-13/h5-9,11-12H,1-4H2. The van der Waals surface area contributed by atoms with Crippen LogP contribution in [0.3, 0.4) is 0 Å². The number of hydrogen-bond acceptors (Lipinski definition) is 1. The Morgan fingerprint density at radius 2 is 1.94 bits per heavy atom. The molecule has 0 unspecified atom stereocenters. The molecule has 94 valence electrons. The van der Waals surface area contributed by atoms with Gasteiger partial charge in [-0.3, -0.25) is 0 Å². The minimum absolute atomic E-state index is 0.0906. The van der Waals surface area contributed by atoms with E-state index in [1.807, 2.05) is 12.1 Å². The van der Waals surface area contributed by atoms with Gasteiger partial charge in [0.2, 0.25) is 0 Å². The molecular weight excluding hydrogens is 232 g/mol. The summed E-state index contributed by atoms with van der Waals surface area (Å²) in [5.41, 5.74) is 1.04. The largest absolute Gasteiger partial charge is 0.216 e. The van der Waals surface area contributed by atoms with E-state index in [9.17, 15) is 8.78 Å². The maximum Gasteiger partial charge on any atom is 0.141 e. The van der Waals surface area contributed by atoms with Crippen LogP contribution in [0.5, 0.6) is 0 Å². The zero-order valence-corrected chi connectivity index (χ0v) is 10.1. The predicted molar refractivity (Wildman–Crippen MR) is 66.1 cm³/mol. The van der Waals surface area contributed by atoms with E-state index in [0.717, 1.165) is 31.2 Å². The quantitative estimate of drug-likeness (QED) is 0.757. The van der Waals surface area contributed by atoms with Gasteiger partial charge in [-0.05, 0) is 55.2 Å². The van der Waals surface area contributed by atoms with Gasteiger partial charge in [0, 0.05) is 0 Å². The van der Waals surface area contributed by atoms with Gasteiger partial charge in [-0.1, -0.05) is 12.1 Å². The van der Waals surface area contributed by atoms with E-state index in [-0.39, 0.29) is 5.56 Å². The summed E-state index contributed by atoms with van der Waals surface area (Å²) < 4.78 is 25.6. The molecule has 18 heavy (non-hydrogen) atoms. The summed E-state index contributed by atoms with van der Waals surface area (Å²) in [5.74, 6) is 0.201.